The second-order valence-corrected chi connectivity index (χ2v) is 5.07. The maximum absolute atomic E-state index is 12.9. The Bertz CT molecular complexity index is 573. The molecule has 0 aliphatic heterocycles. The van der Waals surface area contributed by atoms with E-state index in [-0.39, 0.29) is 15.4 Å². The molecule has 0 spiro atoms. The molecule has 1 aromatic heterocycles. The lowest BCUT2D eigenvalue weighted by atomic mass is 10.1. The van der Waals surface area contributed by atoms with Gasteiger partial charge >= 0.3 is 6.18 Å². The van der Waals surface area contributed by atoms with Crippen LogP contribution in [-0.4, -0.2) is 4.99 Å². The SMILES string of the molecule is NC(=S)c1cc(-c2ccccc2)c(C(F)(F)F)s1. The van der Waals surface area contributed by atoms with Crippen molar-refractivity contribution in [2.45, 2.75) is 6.18 Å². The number of thiophene rings is 1. The van der Waals surface area contributed by atoms with E-state index >= 15 is 0 Å². The van der Waals surface area contributed by atoms with Crippen LogP contribution < -0.4 is 5.73 Å². The smallest absolute Gasteiger partial charge is 0.389 e. The minimum absolute atomic E-state index is 0.0207. The summed E-state index contributed by atoms with van der Waals surface area (Å²) in [6, 6.07) is 9.77. The molecule has 18 heavy (non-hydrogen) atoms. The normalized spacial score (nSPS) is 11.5. The van der Waals surface area contributed by atoms with Crippen LogP contribution in [0.15, 0.2) is 36.4 Å². The Kier molecular flexibility index (Phi) is 3.41. The predicted molar refractivity (Wildman–Crippen MR) is 70.6 cm³/mol. The summed E-state index contributed by atoms with van der Waals surface area (Å²) >= 11 is 5.31. The quantitative estimate of drug-likeness (QED) is 0.843. The number of alkyl halides is 3. The van der Waals surface area contributed by atoms with Gasteiger partial charge in [-0.2, -0.15) is 13.2 Å². The van der Waals surface area contributed by atoms with Crippen molar-refractivity contribution < 1.29 is 13.2 Å². The molecule has 2 aromatic rings. The van der Waals surface area contributed by atoms with E-state index in [1.807, 2.05) is 0 Å². The Morgan fingerprint density at radius 2 is 1.78 bits per heavy atom. The number of benzene rings is 1. The summed E-state index contributed by atoms with van der Waals surface area (Å²) < 4.78 is 38.8. The van der Waals surface area contributed by atoms with E-state index in [2.05, 4.69) is 0 Å². The number of halogens is 3. The van der Waals surface area contributed by atoms with Crippen molar-refractivity contribution in [2.24, 2.45) is 5.73 Å². The molecular weight excluding hydrogens is 279 g/mol. The fourth-order valence-corrected chi connectivity index (χ4v) is 2.64. The van der Waals surface area contributed by atoms with Crippen molar-refractivity contribution >= 4 is 28.5 Å². The summed E-state index contributed by atoms with van der Waals surface area (Å²) in [7, 11) is 0. The molecule has 0 amide bonds. The summed E-state index contributed by atoms with van der Waals surface area (Å²) in [6.07, 6.45) is -4.40. The Morgan fingerprint density at radius 1 is 1.17 bits per heavy atom. The van der Waals surface area contributed by atoms with Crippen LogP contribution in [0.5, 0.6) is 0 Å². The van der Waals surface area contributed by atoms with Crippen LogP contribution in [0.3, 0.4) is 0 Å². The van der Waals surface area contributed by atoms with Crippen LogP contribution in [0.4, 0.5) is 13.2 Å². The first-order valence-corrected chi connectivity index (χ1v) is 6.18. The molecular formula is C12H8F3NS2. The molecule has 6 heteroatoms. The monoisotopic (exact) mass is 287 g/mol. The minimum Gasteiger partial charge on any atom is -0.389 e. The third-order valence-electron chi connectivity index (χ3n) is 2.32. The molecule has 1 aromatic carbocycles. The van der Waals surface area contributed by atoms with Gasteiger partial charge in [0, 0.05) is 5.56 Å². The highest BCUT2D eigenvalue weighted by Crippen LogP contribution is 2.42. The van der Waals surface area contributed by atoms with Crippen molar-refractivity contribution in [3.63, 3.8) is 0 Å². The van der Waals surface area contributed by atoms with Gasteiger partial charge in [-0.25, -0.2) is 0 Å². The van der Waals surface area contributed by atoms with Crippen molar-refractivity contribution in [1.82, 2.24) is 0 Å². The largest absolute Gasteiger partial charge is 0.426 e. The topological polar surface area (TPSA) is 26.0 Å². The molecule has 2 N–H and O–H groups in total. The van der Waals surface area contributed by atoms with Gasteiger partial charge in [0.25, 0.3) is 0 Å². The van der Waals surface area contributed by atoms with E-state index in [4.69, 9.17) is 18.0 Å². The van der Waals surface area contributed by atoms with Gasteiger partial charge in [0.05, 0.1) is 4.88 Å². The molecule has 0 aliphatic carbocycles. The Balaban J connectivity index is 2.62. The summed E-state index contributed by atoms with van der Waals surface area (Å²) in [5.41, 5.74) is 6.02. The Hall–Kier alpha value is -1.40. The van der Waals surface area contributed by atoms with E-state index in [0.717, 1.165) is 0 Å². The van der Waals surface area contributed by atoms with Gasteiger partial charge in [-0.3, -0.25) is 0 Å². The number of nitrogens with two attached hydrogens (primary N) is 1. The molecule has 0 radical (unpaired) electrons. The average molecular weight is 287 g/mol. The molecule has 0 saturated carbocycles. The Labute approximate surface area is 111 Å². The number of thiocarbonyl (C=S) groups is 1. The molecule has 94 valence electrons. The van der Waals surface area contributed by atoms with Crippen LogP contribution in [0.25, 0.3) is 11.1 Å². The third-order valence-corrected chi connectivity index (χ3v) is 3.88. The van der Waals surface area contributed by atoms with E-state index in [9.17, 15) is 13.2 Å². The van der Waals surface area contributed by atoms with Gasteiger partial charge in [0.15, 0.2) is 0 Å². The van der Waals surface area contributed by atoms with E-state index < -0.39 is 11.1 Å². The second kappa shape index (κ2) is 4.70. The van der Waals surface area contributed by atoms with Gasteiger partial charge in [-0.05, 0) is 11.6 Å². The molecule has 1 nitrogen and oxygen atoms in total. The summed E-state index contributed by atoms with van der Waals surface area (Å²) in [4.78, 5) is -0.416. The summed E-state index contributed by atoms with van der Waals surface area (Å²) in [6.45, 7) is 0. The molecule has 1 heterocycles. The van der Waals surface area contributed by atoms with Crippen molar-refractivity contribution in [3.8, 4) is 11.1 Å². The van der Waals surface area contributed by atoms with Crippen molar-refractivity contribution in [1.29, 1.82) is 0 Å². The zero-order valence-electron chi connectivity index (χ0n) is 8.99. The standard InChI is InChI=1S/C12H8F3NS2/c13-12(14,15)10-8(6-9(18-10)11(16)17)7-4-2-1-3-5-7/h1-6H,(H2,16,17). The highest BCUT2D eigenvalue weighted by atomic mass is 32.1. The fourth-order valence-electron chi connectivity index (χ4n) is 1.56. The molecule has 0 bridgehead atoms. The van der Waals surface area contributed by atoms with E-state index in [1.54, 1.807) is 30.3 Å². The maximum Gasteiger partial charge on any atom is 0.426 e. The van der Waals surface area contributed by atoms with Crippen LogP contribution in [0, 0.1) is 0 Å². The molecule has 0 saturated heterocycles. The highest BCUT2D eigenvalue weighted by Gasteiger charge is 2.36. The number of hydrogen-bond acceptors (Lipinski definition) is 2. The van der Waals surface area contributed by atoms with Gasteiger partial charge < -0.3 is 5.73 Å². The first-order valence-electron chi connectivity index (χ1n) is 4.96. The first kappa shape index (κ1) is 13.0. The summed E-state index contributed by atoms with van der Waals surface area (Å²) in [5.74, 6) is 0. The van der Waals surface area contributed by atoms with Crippen molar-refractivity contribution in [2.75, 3.05) is 0 Å². The zero-order chi connectivity index (χ0) is 13.3. The second-order valence-electron chi connectivity index (χ2n) is 3.58. The molecule has 0 fully saturated rings. The lowest BCUT2D eigenvalue weighted by Gasteiger charge is -2.07. The minimum atomic E-state index is -4.40. The number of hydrogen-bond donors (Lipinski definition) is 1. The van der Waals surface area contributed by atoms with Gasteiger partial charge in [-0.15, -0.1) is 11.3 Å². The van der Waals surface area contributed by atoms with Gasteiger partial charge in [-0.1, -0.05) is 42.5 Å². The third kappa shape index (κ3) is 2.54. The van der Waals surface area contributed by atoms with Crippen LogP contribution in [0.2, 0.25) is 0 Å². The van der Waals surface area contributed by atoms with Crippen LogP contribution >= 0.6 is 23.6 Å². The van der Waals surface area contributed by atoms with Crippen LogP contribution in [-0.2, 0) is 6.18 Å². The van der Waals surface area contributed by atoms with Crippen LogP contribution in [0.1, 0.15) is 9.75 Å². The lowest BCUT2D eigenvalue weighted by Crippen LogP contribution is -2.06. The van der Waals surface area contributed by atoms with Gasteiger partial charge in [0.2, 0.25) is 0 Å². The summed E-state index contributed by atoms with van der Waals surface area (Å²) in [5, 5.41) is 0. The van der Waals surface area contributed by atoms with E-state index in [1.165, 1.54) is 6.07 Å². The predicted octanol–water partition coefficient (Wildman–Crippen LogP) is 4.07. The molecule has 0 aliphatic rings. The fraction of sp³-hybridized carbons (Fsp3) is 0.0833. The van der Waals surface area contributed by atoms with E-state index in [0.29, 0.717) is 16.9 Å². The molecule has 0 unspecified atom stereocenters. The average Bonchev–Trinajstić information content (AvgIpc) is 2.74. The van der Waals surface area contributed by atoms with Gasteiger partial charge in [0.1, 0.15) is 9.87 Å². The zero-order valence-corrected chi connectivity index (χ0v) is 10.6. The molecule has 2 rings (SSSR count). The Morgan fingerprint density at radius 3 is 2.28 bits per heavy atom. The maximum atomic E-state index is 12.9. The van der Waals surface area contributed by atoms with Crippen molar-refractivity contribution in [3.05, 3.63) is 46.2 Å². The lowest BCUT2D eigenvalue weighted by molar-refractivity contribution is -0.133. The highest BCUT2D eigenvalue weighted by molar-refractivity contribution is 7.81. The first-order chi connectivity index (χ1) is 8.39. The number of rotatable bonds is 2. The molecule has 0 atom stereocenters.